The van der Waals surface area contributed by atoms with Gasteiger partial charge in [-0.25, -0.2) is 19.9 Å². The summed E-state index contributed by atoms with van der Waals surface area (Å²) in [5.41, 5.74) is 21.1. The summed E-state index contributed by atoms with van der Waals surface area (Å²) in [4.78, 5) is 53.7. The largest absolute Gasteiger partial charge is 0.289 e. The molecular formula is C88H49N7O2S6. The van der Waals surface area contributed by atoms with E-state index in [0.717, 1.165) is 64.3 Å². The lowest BCUT2D eigenvalue weighted by Crippen LogP contribution is -2.30. The van der Waals surface area contributed by atoms with Gasteiger partial charge in [-0.05, 0) is 159 Å². The summed E-state index contributed by atoms with van der Waals surface area (Å²) in [5.74, 6) is 2.12. The average Bonchev–Trinajstić information content (AvgIpc) is 1.50. The summed E-state index contributed by atoms with van der Waals surface area (Å²) in [7, 11) is 0. The maximum atomic E-state index is 14.0. The molecule has 9 nitrogen and oxygen atoms in total. The van der Waals surface area contributed by atoms with Crippen LogP contribution in [-0.4, -0.2) is 31.5 Å². The van der Waals surface area contributed by atoms with Gasteiger partial charge >= 0.3 is 0 Å². The highest BCUT2D eigenvalue weighted by atomic mass is 32.1. The van der Waals surface area contributed by atoms with Gasteiger partial charge in [0.25, 0.3) is 0 Å². The smallest absolute Gasteiger partial charge is 0.194 e. The zero-order valence-corrected chi connectivity index (χ0v) is 60.2. The second-order valence-electron chi connectivity index (χ2n) is 26.5. The number of Topliss-reactive ketones (excluding diaryl/α,β-unsaturated/α-hetero) is 2. The summed E-state index contributed by atoms with van der Waals surface area (Å²) >= 11 is 9.49. The van der Waals surface area contributed by atoms with Crippen LogP contribution in [0.4, 0.5) is 0 Å². The molecule has 0 atom stereocenters. The van der Waals surface area contributed by atoms with Crippen molar-refractivity contribution in [2.24, 2.45) is 0 Å². The number of hydrogen-bond donors (Lipinski definition) is 0. The third-order valence-electron chi connectivity index (χ3n) is 20.7. The second-order valence-corrected chi connectivity index (χ2v) is 32.6. The van der Waals surface area contributed by atoms with E-state index in [0.29, 0.717) is 56.0 Å². The zero-order chi connectivity index (χ0) is 69.9. The molecule has 0 saturated carbocycles. The Bertz CT molecular complexity index is 6460. The van der Waals surface area contributed by atoms with Crippen molar-refractivity contribution in [1.29, 1.82) is 15.8 Å². The molecule has 15 heteroatoms. The van der Waals surface area contributed by atoms with Crippen molar-refractivity contribution >= 4 is 136 Å². The number of fused-ring (bicyclic) bond motifs is 14. The molecule has 0 fully saturated rings. The van der Waals surface area contributed by atoms with E-state index in [4.69, 9.17) is 26.4 Å². The number of thiazole rings is 4. The van der Waals surface area contributed by atoms with Crippen molar-refractivity contribution in [2.75, 3.05) is 0 Å². The van der Waals surface area contributed by atoms with E-state index in [-0.39, 0.29) is 22.7 Å². The lowest BCUT2D eigenvalue weighted by atomic mass is 9.65. The molecule has 0 saturated heterocycles. The number of rotatable bonds is 9. The fourth-order valence-electron chi connectivity index (χ4n) is 16.2. The van der Waals surface area contributed by atoms with Crippen molar-refractivity contribution in [3.63, 3.8) is 0 Å². The minimum absolute atomic E-state index is 0.0908. The van der Waals surface area contributed by atoms with Gasteiger partial charge in [-0.2, -0.15) is 15.8 Å². The van der Waals surface area contributed by atoms with E-state index in [9.17, 15) is 25.4 Å². The fraction of sp³-hybridized carbons (Fsp3) is 0.0795. The Labute approximate surface area is 615 Å². The van der Waals surface area contributed by atoms with Crippen LogP contribution >= 0.6 is 68.0 Å². The Hall–Kier alpha value is -11.7. The van der Waals surface area contributed by atoms with Gasteiger partial charge in [0.05, 0.1) is 20.6 Å². The van der Waals surface area contributed by atoms with Crippen LogP contribution in [0, 0.1) is 74.0 Å². The summed E-state index contributed by atoms with van der Waals surface area (Å²) in [6.07, 6.45) is 9.76. The van der Waals surface area contributed by atoms with Crippen LogP contribution < -0.4 is 0 Å². The highest BCUT2D eigenvalue weighted by molar-refractivity contribution is 7.32. The standard InChI is InChI=1S/C88H49N7O2S6/c1-6-49(42-89)75-55-11-7-10-14-60(55)80(97)66(75)41-74-93-84-86(101-74)95-82(103-84)72-40-65-70(99-72)35-32-58-63-38-67-62(37-68(63)88(78(58)65,53-27-19-47(4)20-28-53)54-29-21-48(5)22-30-54)57-31-34-69-64(77(57)87(67,51-23-15-45(2)16-24-51)52-25-17-46(3)18-26-52)39-71(98-69)81-94-85-83(102-81)92-73(100-85)36-33-61-76(50(43-90)44-91)56-12-8-9-13-59(56)79(61)96/h1,7-35,37-41H,36H2,2-5H3/b61-33-,66-41-,75-49?. The van der Waals surface area contributed by atoms with Gasteiger partial charge < -0.3 is 0 Å². The minimum Gasteiger partial charge on any atom is -0.289 e. The number of benzene rings is 9. The third kappa shape index (κ3) is 9.15. The number of nitriles is 3. The molecule has 0 N–H and O–H groups in total. The minimum atomic E-state index is -0.805. The van der Waals surface area contributed by atoms with Gasteiger partial charge in [-0.15, -0.1) is 29.1 Å². The van der Waals surface area contributed by atoms with Gasteiger partial charge in [0, 0.05) is 49.2 Å². The van der Waals surface area contributed by atoms with Crippen molar-refractivity contribution < 1.29 is 9.59 Å². The van der Waals surface area contributed by atoms with Gasteiger partial charge in [-0.1, -0.05) is 237 Å². The van der Waals surface area contributed by atoms with Gasteiger partial charge in [-0.3, -0.25) is 9.59 Å². The number of aromatic nitrogens is 4. The summed E-state index contributed by atoms with van der Waals surface area (Å²) in [5, 5.41) is 35.5. The van der Waals surface area contributed by atoms with Crippen LogP contribution in [0.2, 0.25) is 0 Å². The van der Waals surface area contributed by atoms with Crippen LogP contribution in [0.1, 0.15) is 109 Å². The van der Waals surface area contributed by atoms with E-state index < -0.39 is 10.8 Å². The van der Waals surface area contributed by atoms with Crippen molar-refractivity contribution in [1.82, 2.24) is 19.9 Å². The number of hydrogen-bond acceptors (Lipinski definition) is 15. The molecule has 103 heavy (non-hydrogen) atoms. The van der Waals surface area contributed by atoms with Gasteiger partial charge in [0.2, 0.25) is 0 Å². The fourth-order valence-corrected chi connectivity index (χ4v) is 22.4. The molecule has 0 amide bonds. The predicted molar refractivity (Wildman–Crippen MR) is 420 cm³/mol. The predicted octanol–water partition coefficient (Wildman–Crippen LogP) is 21.9. The Morgan fingerprint density at radius 3 is 1.26 bits per heavy atom. The zero-order valence-electron chi connectivity index (χ0n) is 55.3. The van der Waals surface area contributed by atoms with Crippen LogP contribution in [0.15, 0.2) is 222 Å². The van der Waals surface area contributed by atoms with Crippen molar-refractivity contribution in [3.8, 4) is 72.6 Å². The molecule has 6 heterocycles. The SMILES string of the molecule is C#CC(C#N)=C1/C(=C/c2nc3sc(-c4cc5c6c(ccc5s4)-c4cc5c(cc4C6(c4ccc(C)cc4)c4ccc(C)cc4)-c4ccc6sc(-c7nc8sc(C/C=C9\C(=O)c%10ccccc%10C9=C(C#N)C#N)nc8s7)cc6c4C5(c4ccc(C)cc4)c4ccc(C)cc4)nc3s2)C(=O)c2ccccc21. The molecule has 0 unspecified atom stereocenters. The first-order valence-corrected chi connectivity index (χ1v) is 38.2. The van der Waals surface area contributed by atoms with Crippen molar-refractivity contribution in [3.05, 3.63) is 322 Å². The highest BCUT2D eigenvalue weighted by Crippen LogP contribution is 2.66. The molecule has 4 aliphatic carbocycles. The van der Waals surface area contributed by atoms with E-state index >= 15 is 0 Å². The number of allylic oxidation sites excluding steroid dienone is 7. The normalized spacial score (nSPS) is 15.5. The lowest BCUT2D eigenvalue weighted by molar-refractivity contribution is 0.103. The molecule has 0 aliphatic heterocycles. The number of nitrogens with zero attached hydrogens (tertiary/aromatic N) is 7. The maximum absolute atomic E-state index is 14.0. The Kier molecular flexibility index (Phi) is 14.2. The number of ketones is 2. The van der Waals surface area contributed by atoms with E-state index in [1.165, 1.54) is 123 Å². The monoisotopic (exact) mass is 1430 g/mol. The molecule has 0 bridgehead atoms. The lowest BCUT2D eigenvalue weighted by Gasteiger charge is -2.36. The van der Waals surface area contributed by atoms with Crippen LogP contribution in [0.25, 0.3) is 98.7 Å². The molecule has 19 rings (SSSR count). The topological polar surface area (TPSA) is 157 Å². The summed E-state index contributed by atoms with van der Waals surface area (Å²) in [6.45, 7) is 8.62. The van der Waals surface area contributed by atoms with Gasteiger partial charge in [0.15, 0.2) is 30.9 Å². The first-order valence-electron chi connectivity index (χ1n) is 33.3. The number of carbonyl (C=O) groups is 2. The summed E-state index contributed by atoms with van der Waals surface area (Å²) < 4.78 is 2.29. The first-order chi connectivity index (χ1) is 50.3. The Morgan fingerprint density at radius 1 is 0.427 bits per heavy atom. The highest BCUT2D eigenvalue weighted by Gasteiger charge is 2.53. The van der Waals surface area contributed by atoms with E-state index in [2.05, 4.69) is 185 Å². The molecule has 0 radical (unpaired) electrons. The Morgan fingerprint density at radius 2 is 0.835 bits per heavy atom. The molecule has 6 aromatic heterocycles. The molecule has 15 aromatic rings. The third-order valence-corrected chi connectivity index (χ3v) is 27.3. The Balaban J connectivity index is 0.779. The number of terminal acetylenes is 1. The van der Waals surface area contributed by atoms with Crippen LogP contribution in [0.3, 0.4) is 0 Å². The average molecular weight is 1430 g/mol. The van der Waals surface area contributed by atoms with Crippen molar-refractivity contribution in [2.45, 2.75) is 44.9 Å². The number of aryl methyl sites for hydroxylation is 4. The van der Waals surface area contributed by atoms with Crippen LogP contribution in [0.5, 0.6) is 0 Å². The molecule has 0 spiro atoms. The number of carbonyl (C=O) groups excluding carboxylic acids is 2. The maximum Gasteiger partial charge on any atom is 0.194 e. The first kappa shape index (κ1) is 62.3. The summed E-state index contributed by atoms with van der Waals surface area (Å²) in [6, 6.07) is 76.5. The molecule has 9 aromatic carbocycles. The van der Waals surface area contributed by atoms with Gasteiger partial charge in [0.1, 0.15) is 49.4 Å². The number of thiophene rings is 2. The molecule has 484 valence electrons. The van der Waals surface area contributed by atoms with E-state index in [1.807, 2.05) is 36.4 Å². The van der Waals surface area contributed by atoms with E-state index in [1.54, 1.807) is 70.4 Å². The van der Waals surface area contributed by atoms with Crippen LogP contribution in [-0.2, 0) is 17.3 Å². The quantitative estimate of drug-likeness (QED) is 0.0779. The molecular weight excluding hydrogens is 1380 g/mol. The molecule has 4 aliphatic rings. The second kappa shape index (κ2) is 23.4.